The van der Waals surface area contributed by atoms with Gasteiger partial charge in [0.05, 0.1) is 12.3 Å². The summed E-state index contributed by atoms with van der Waals surface area (Å²) in [7, 11) is 0. The summed E-state index contributed by atoms with van der Waals surface area (Å²) in [6, 6.07) is 7.82. The standard InChI is InChI=1S/C21H27Cl2N5O2/c1-14(2)28-7-8-30-19(13-28)21(29)27-5-3-26(4-6-27)20-12-18(24-25-20)15-9-16(22)11-17(23)10-15/h9-12,14,19H,3-8,13H2,1-2H3,(H,24,25). The Morgan fingerprint density at radius 1 is 1.10 bits per heavy atom. The zero-order valence-corrected chi connectivity index (χ0v) is 18.8. The van der Waals surface area contributed by atoms with E-state index < -0.39 is 0 Å². The Bertz CT molecular complexity index is 875. The van der Waals surface area contributed by atoms with Gasteiger partial charge in [-0.1, -0.05) is 23.2 Å². The first-order valence-electron chi connectivity index (χ1n) is 10.3. The second-order valence-corrected chi connectivity index (χ2v) is 8.93. The predicted octanol–water partition coefficient (Wildman–Crippen LogP) is 3.14. The maximum absolute atomic E-state index is 12.9. The quantitative estimate of drug-likeness (QED) is 0.773. The first kappa shape index (κ1) is 21.4. The van der Waals surface area contributed by atoms with Gasteiger partial charge >= 0.3 is 0 Å². The molecule has 3 heterocycles. The lowest BCUT2D eigenvalue weighted by Crippen LogP contribution is -2.56. The number of anilines is 1. The minimum atomic E-state index is -0.364. The van der Waals surface area contributed by atoms with Crippen LogP contribution in [0.25, 0.3) is 11.3 Å². The molecule has 7 nitrogen and oxygen atoms in total. The molecule has 2 fully saturated rings. The van der Waals surface area contributed by atoms with Gasteiger partial charge in [0.15, 0.2) is 5.82 Å². The normalized spacial score (nSPS) is 20.8. The number of benzene rings is 1. The van der Waals surface area contributed by atoms with Crippen molar-refractivity contribution >= 4 is 34.9 Å². The Kier molecular flexibility index (Phi) is 6.53. The zero-order valence-electron chi connectivity index (χ0n) is 17.3. The molecular formula is C21H27Cl2N5O2. The fourth-order valence-electron chi connectivity index (χ4n) is 3.98. The number of ether oxygens (including phenoxy) is 1. The third-order valence-electron chi connectivity index (χ3n) is 5.76. The first-order valence-corrected chi connectivity index (χ1v) is 11.1. The number of carbonyl (C=O) groups excluding carboxylic acids is 1. The largest absolute Gasteiger partial charge is 0.366 e. The molecule has 9 heteroatoms. The van der Waals surface area contributed by atoms with E-state index in [2.05, 4.69) is 33.8 Å². The topological polar surface area (TPSA) is 64.7 Å². The number of nitrogens with one attached hydrogen (secondary N) is 1. The van der Waals surface area contributed by atoms with Gasteiger partial charge in [0.25, 0.3) is 5.91 Å². The number of H-pyrrole nitrogens is 1. The van der Waals surface area contributed by atoms with E-state index in [0.717, 1.165) is 36.7 Å². The van der Waals surface area contributed by atoms with Crippen molar-refractivity contribution in [3.8, 4) is 11.3 Å². The van der Waals surface area contributed by atoms with E-state index in [9.17, 15) is 4.79 Å². The van der Waals surface area contributed by atoms with Crippen molar-refractivity contribution in [2.24, 2.45) is 0 Å². The Morgan fingerprint density at radius 3 is 2.47 bits per heavy atom. The van der Waals surface area contributed by atoms with Crippen molar-refractivity contribution in [3.63, 3.8) is 0 Å². The third-order valence-corrected chi connectivity index (χ3v) is 6.19. The molecule has 1 unspecified atom stereocenters. The summed E-state index contributed by atoms with van der Waals surface area (Å²) in [5.74, 6) is 0.949. The number of nitrogens with zero attached hydrogens (tertiary/aromatic N) is 4. The van der Waals surface area contributed by atoms with Crippen LogP contribution >= 0.6 is 23.2 Å². The van der Waals surface area contributed by atoms with E-state index in [0.29, 0.717) is 42.3 Å². The molecule has 0 radical (unpaired) electrons. The maximum atomic E-state index is 12.9. The molecule has 2 aliphatic heterocycles. The number of hydrogen-bond donors (Lipinski definition) is 1. The van der Waals surface area contributed by atoms with Gasteiger partial charge in [0.2, 0.25) is 0 Å². The van der Waals surface area contributed by atoms with E-state index in [1.54, 1.807) is 6.07 Å². The fraction of sp³-hybridized carbons (Fsp3) is 0.524. The molecule has 4 rings (SSSR count). The zero-order chi connectivity index (χ0) is 21.3. The molecule has 1 atom stereocenters. The highest BCUT2D eigenvalue weighted by atomic mass is 35.5. The van der Waals surface area contributed by atoms with Gasteiger partial charge in [-0.25, -0.2) is 0 Å². The second kappa shape index (κ2) is 9.14. The lowest BCUT2D eigenvalue weighted by Gasteiger charge is -2.39. The highest BCUT2D eigenvalue weighted by Gasteiger charge is 2.32. The van der Waals surface area contributed by atoms with E-state index >= 15 is 0 Å². The van der Waals surface area contributed by atoms with Crippen LogP contribution in [-0.4, -0.2) is 83.9 Å². The average Bonchev–Trinajstić information content (AvgIpc) is 3.23. The van der Waals surface area contributed by atoms with Crippen molar-refractivity contribution in [1.29, 1.82) is 0 Å². The number of aromatic amines is 1. The summed E-state index contributed by atoms with van der Waals surface area (Å²) in [6.45, 7) is 9.24. The van der Waals surface area contributed by atoms with E-state index in [1.165, 1.54) is 0 Å². The fourth-order valence-corrected chi connectivity index (χ4v) is 4.50. The van der Waals surface area contributed by atoms with Crippen molar-refractivity contribution in [3.05, 3.63) is 34.3 Å². The Morgan fingerprint density at radius 2 is 1.80 bits per heavy atom. The summed E-state index contributed by atoms with van der Waals surface area (Å²) >= 11 is 12.2. The summed E-state index contributed by atoms with van der Waals surface area (Å²) in [5.41, 5.74) is 1.75. The molecule has 0 saturated carbocycles. The van der Waals surface area contributed by atoms with E-state index in [-0.39, 0.29) is 12.0 Å². The number of amides is 1. The molecule has 30 heavy (non-hydrogen) atoms. The highest BCUT2D eigenvalue weighted by Crippen LogP contribution is 2.28. The maximum Gasteiger partial charge on any atom is 0.253 e. The second-order valence-electron chi connectivity index (χ2n) is 8.06. The van der Waals surface area contributed by atoms with Crippen LogP contribution in [0.2, 0.25) is 10.0 Å². The summed E-state index contributed by atoms with van der Waals surface area (Å²) in [5, 5.41) is 8.67. The number of rotatable bonds is 4. The molecule has 0 aliphatic carbocycles. The van der Waals surface area contributed by atoms with Crippen LogP contribution in [0.3, 0.4) is 0 Å². The lowest BCUT2D eigenvalue weighted by atomic mass is 10.1. The monoisotopic (exact) mass is 451 g/mol. The number of carbonyl (C=O) groups is 1. The van der Waals surface area contributed by atoms with Gasteiger partial charge in [-0.15, -0.1) is 0 Å². The number of morpholine rings is 1. The molecular weight excluding hydrogens is 425 g/mol. The molecule has 1 N–H and O–H groups in total. The van der Waals surface area contributed by atoms with Crippen LogP contribution in [0, 0.1) is 0 Å². The summed E-state index contributed by atoms with van der Waals surface area (Å²) < 4.78 is 5.77. The van der Waals surface area contributed by atoms with Crippen LogP contribution in [0.5, 0.6) is 0 Å². The molecule has 2 aromatic rings. The van der Waals surface area contributed by atoms with E-state index in [1.807, 2.05) is 23.1 Å². The SMILES string of the molecule is CC(C)N1CCOC(C(=O)N2CCN(c3cc(-c4cc(Cl)cc(Cl)c4)[nH]n3)CC2)C1. The predicted molar refractivity (Wildman–Crippen MR) is 119 cm³/mol. The minimum Gasteiger partial charge on any atom is -0.366 e. The van der Waals surface area contributed by atoms with Gasteiger partial charge in [-0.2, -0.15) is 5.10 Å². The molecule has 1 aromatic carbocycles. The number of aromatic nitrogens is 2. The van der Waals surface area contributed by atoms with Crippen molar-refractivity contribution in [2.45, 2.75) is 26.0 Å². The van der Waals surface area contributed by atoms with Crippen molar-refractivity contribution < 1.29 is 9.53 Å². The van der Waals surface area contributed by atoms with Gasteiger partial charge in [0.1, 0.15) is 6.10 Å². The first-order chi connectivity index (χ1) is 14.4. The average molecular weight is 452 g/mol. The van der Waals surface area contributed by atoms with Crippen molar-refractivity contribution in [1.82, 2.24) is 20.0 Å². The van der Waals surface area contributed by atoms with Crippen LogP contribution in [0.1, 0.15) is 13.8 Å². The minimum absolute atomic E-state index is 0.0938. The molecule has 1 amide bonds. The molecule has 1 aromatic heterocycles. The molecule has 0 spiro atoms. The van der Waals surface area contributed by atoms with E-state index in [4.69, 9.17) is 27.9 Å². The smallest absolute Gasteiger partial charge is 0.253 e. The van der Waals surface area contributed by atoms with Gasteiger partial charge < -0.3 is 14.5 Å². The van der Waals surface area contributed by atoms with Gasteiger partial charge in [-0.3, -0.25) is 14.8 Å². The van der Waals surface area contributed by atoms with Crippen LogP contribution in [0.4, 0.5) is 5.82 Å². The molecule has 0 bridgehead atoms. The Hall–Kier alpha value is -1.80. The van der Waals surface area contributed by atoms with Crippen LogP contribution < -0.4 is 4.90 Å². The molecule has 162 valence electrons. The Labute approximate surface area is 186 Å². The van der Waals surface area contributed by atoms with Gasteiger partial charge in [-0.05, 0) is 32.0 Å². The highest BCUT2D eigenvalue weighted by molar-refractivity contribution is 6.35. The van der Waals surface area contributed by atoms with Gasteiger partial charge in [0, 0.05) is 67.0 Å². The number of hydrogen-bond acceptors (Lipinski definition) is 5. The van der Waals surface area contributed by atoms with Crippen LogP contribution in [-0.2, 0) is 9.53 Å². The van der Waals surface area contributed by atoms with Crippen LogP contribution in [0.15, 0.2) is 24.3 Å². The lowest BCUT2D eigenvalue weighted by molar-refractivity contribution is -0.150. The van der Waals surface area contributed by atoms with Crippen molar-refractivity contribution in [2.75, 3.05) is 50.8 Å². The molecule has 2 saturated heterocycles. The molecule has 2 aliphatic rings. The summed E-state index contributed by atoms with van der Waals surface area (Å²) in [6.07, 6.45) is -0.364. The summed E-state index contributed by atoms with van der Waals surface area (Å²) in [4.78, 5) is 19.3. The number of halogens is 2. The number of piperazine rings is 1. The third kappa shape index (κ3) is 4.75. The Balaban J connectivity index is 1.36.